The predicted octanol–water partition coefficient (Wildman–Crippen LogP) is 5.42. The molecule has 0 heterocycles. The highest BCUT2D eigenvalue weighted by molar-refractivity contribution is 6.34. The van der Waals surface area contributed by atoms with Gasteiger partial charge in [0.15, 0.2) is 0 Å². The normalized spacial score (nSPS) is 25.1. The summed E-state index contributed by atoms with van der Waals surface area (Å²) >= 11 is 12.5. The summed E-state index contributed by atoms with van der Waals surface area (Å²) in [5, 5.41) is 13.4. The Morgan fingerprint density at radius 1 is 1.11 bits per heavy atom. The third kappa shape index (κ3) is 4.65. The molecule has 0 spiro atoms. The fourth-order valence-corrected chi connectivity index (χ4v) is 5.30. The van der Waals surface area contributed by atoms with Gasteiger partial charge in [-0.05, 0) is 56.8 Å². The van der Waals surface area contributed by atoms with Gasteiger partial charge in [0.25, 0.3) is 0 Å². The first-order valence-electron chi connectivity index (χ1n) is 9.78. The topological polar surface area (TPSA) is 32.7 Å². The maximum atomic E-state index is 12.2. The molecule has 28 heavy (non-hydrogen) atoms. The van der Waals surface area contributed by atoms with Gasteiger partial charge in [-0.1, -0.05) is 47.8 Å². The molecule has 0 aliphatic heterocycles. The second-order valence-corrected chi connectivity index (χ2v) is 9.00. The molecule has 0 saturated heterocycles. The van der Waals surface area contributed by atoms with E-state index in [4.69, 9.17) is 27.9 Å². The molecule has 3 unspecified atom stereocenters. The summed E-state index contributed by atoms with van der Waals surface area (Å²) in [6.07, 6.45) is 3.51. The van der Waals surface area contributed by atoms with Crippen LogP contribution in [0.5, 0.6) is 5.75 Å². The van der Waals surface area contributed by atoms with E-state index < -0.39 is 5.60 Å². The van der Waals surface area contributed by atoms with Crippen molar-refractivity contribution in [2.75, 3.05) is 27.7 Å². The Morgan fingerprint density at radius 3 is 2.43 bits per heavy atom. The van der Waals surface area contributed by atoms with E-state index in [0.717, 1.165) is 42.7 Å². The van der Waals surface area contributed by atoms with Gasteiger partial charge in [-0.3, -0.25) is 0 Å². The van der Waals surface area contributed by atoms with Crippen LogP contribution >= 0.6 is 23.2 Å². The van der Waals surface area contributed by atoms with E-state index in [2.05, 4.69) is 25.1 Å². The molecule has 1 N–H and O–H groups in total. The lowest BCUT2D eigenvalue weighted by molar-refractivity contribution is -0.0737. The minimum atomic E-state index is -0.912. The lowest BCUT2D eigenvalue weighted by Gasteiger charge is -2.47. The summed E-state index contributed by atoms with van der Waals surface area (Å²) < 4.78 is 5.63. The number of benzene rings is 2. The molecule has 0 radical (unpaired) electrons. The summed E-state index contributed by atoms with van der Waals surface area (Å²) in [4.78, 5) is 2.16. The summed E-state index contributed by atoms with van der Waals surface area (Å²) in [6.45, 7) is 0.830. The number of aliphatic hydroxyl groups is 1. The van der Waals surface area contributed by atoms with Crippen molar-refractivity contribution < 1.29 is 9.84 Å². The number of halogens is 2. The third-order valence-electron chi connectivity index (χ3n) is 5.87. The van der Waals surface area contributed by atoms with Crippen molar-refractivity contribution in [2.24, 2.45) is 5.92 Å². The Hall–Kier alpha value is -1.26. The van der Waals surface area contributed by atoms with E-state index in [1.165, 1.54) is 0 Å². The van der Waals surface area contributed by atoms with Crippen LogP contribution in [0.1, 0.15) is 36.3 Å². The van der Waals surface area contributed by atoms with Gasteiger partial charge in [0, 0.05) is 40.4 Å². The Bertz CT molecular complexity index is 791. The smallest absolute Gasteiger partial charge is 0.122 e. The van der Waals surface area contributed by atoms with Crippen molar-refractivity contribution in [2.45, 2.75) is 37.2 Å². The van der Waals surface area contributed by atoms with E-state index in [1.54, 1.807) is 13.2 Å². The summed E-state index contributed by atoms with van der Waals surface area (Å²) in [6, 6.07) is 13.6. The van der Waals surface area contributed by atoms with Gasteiger partial charge in [-0.2, -0.15) is 0 Å². The van der Waals surface area contributed by atoms with Crippen molar-refractivity contribution in [3.05, 3.63) is 63.6 Å². The van der Waals surface area contributed by atoms with Crippen molar-refractivity contribution >= 4 is 23.2 Å². The largest absolute Gasteiger partial charge is 0.496 e. The zero-order chi connectivity index (χ0) is 20.3. The number of rotatable bonds is 6. The molecule has 1 aliphatic rings. The molecule has 2 aromatic carbocycles. The van der Waals surface area contributed by atoms with Gasteiger partial charge in [0.1, 0.15) is 5.75 Å². The van der Waals surface area contributed by atoms with E-state index >= 15 is 0 Å². The van der Waals surface area contributed by atoms with Crippen molar-refractivity contribution in [1.29, 1.82) is 0 Å². The number of ether oxygens (including phenoxy) is 1. The van der Waals surface area contributed by atoms with Crippen LogP contribution in [0.15, 0.2) is 42.5 Å². The summed E-state index contributed by atoms with van der Waals surface area (Å²) in [5.41, 5.74) is 1.13. The lowest BCUT2D eigenvalue weighted by atomic mass is 9.63. The number of hydrogen-bond donors (Lipinski definition) is 1. The van der Waals surface area contributed by atoms with Crippen LogP contribution in [0, 0.1) is 5.92 Å². The standard InChI is InChI=1S/C23H29Cl2NO2/c1-26(2)15-17-7-6-9-21(20-8-4-5-10-22(20)28-3)23(17,27)14-16-11-18(24)13-19(25)12-16/h4-5,8,10-13,17,21,27H,6-7,9,14-15H2,1-3H3. The Kier molecular flexibility index (Phi) is 6.93. The van der Waals surface area contributed by atoms with Crippen LogP contribution in [0.2, 0.25) is 10.0 Å². The van der Waals surface area contributed by atoms with Gasteiger partial charge in [-0.15, -0.1) is 0 Å². The molecule has 5 heteroatoms. The monoisotopic (exact) mass is 421 g/mol. The zero-order valence-electron chi connectivity index (χ0n) is 16.8. The molecule has 2 aromatic rings. The number of methoxy groups -OCH3 is 1. The number of hydrogen-bond acceptors (Lipinski definition) is 3. The third-order valence-corrected chi connectivity index (χ3v) is 6.30. The van der Waals surface area contributed by atoms with E-state index in [9.17, 15) is 5.11 Å². The second-order valence-electron chi connectivity index (χ2n) is 8.13. The first-order valence-corrected chi connectivity index (χ1v) is 10.5. The molecule has 0 aromatic heterocycles. The quantitative estimate of drug-likeness (QED) is 0.675. The number of para-hydroxylation sites is 1. The predicted molar refractivity (Wildman–Crippen MR) is 117 cm³/mol. The van der Waals surface area contributed by atoms with Crippen LogP contribution in [0.3, 0.4) is 0 Å². The van der Waals surface area contributed by atoms with Gasteiger partial charge in [-0.25, -0.2) is 0 Å². The molecular weight excluding hydrogens is 393 g/mol. The molecule has 0 amide bonds. The second kappa shape index (κ2) is 9.04. The first-order chi connectivity index (χ1) is 13.3. The highest BCUT2D eigenvalue weighted by atomic mass is 35.5. The van der Waals surface area contributed by atoms with E-state index in [-0.39, 0.29) is 11.8 Å². The first kappa shape index (κ1) is 21.4. The SMILES string of the molecule is COc1ccccc1C1CCCC(CN(C)C)C1(O)Cc1cc(Cl)cc(Cl)c1. The molecular formula is C23H29Cl2NO2. The van der Waals surface area contributed by atoms with Gasteiger partial charge < -0.3 is 14.7 Å². The van der Waals surface area contributed by atoms with Gasteiger partial charge >= 0.3 is 0 Å². The fraction of sp³-hybridized carbons (Fsp3) is 0.478. The minimum absolute atomic E-state index is 0.0138. The minimum Gasteiger partial charge on any atom is -0.496 e. The molecule has 1 fully saturated rings. The highest BCUT2D eigenvalue weighted by Crippen LogP contribution is 2.48. The van der Waals surface area contributed by atoms with E-state index in [1.807, 2.05) is 30.3 Å². The zero-order valence-corrected chi connectivity index (χ0v) is 18.3. The number of nitrogens with zero attached hydrogens (tertiary/aromatic N) is 1. The fourth-order valence-electron chi connectivity index (χ4n) is 4.73. The molecule has 1 aliphatic carbocycles. The summed E-state index contributed by atoms with van der Waals surface area (Å²) in [7, 11) is 5.81. The van der Waals surface area contributed by atoms with Crippen LogP contribution < -0.4 is 4.74 Å². The van der Waals surface area contributed by atoms with Gasteiger partial charge in [0.2, 0.25) is 0 Å². The molecule has 3 atom stereocenters. The van der Waals surface area contributed by atoms with Gasteiger partial charge in [0.05, 0.1) is 12.7 Å². The van der Waals surface area contributed by atoms with Crippen LogP contribution in [-0.4, -0.2) is 43.4 Å². The highest BCUT2D eigenvalue weighted by Gasteiger charge is 2.47. The molecule has 1 saturated carbocycles. The maximum absolute atomic E-state index is 12.2. The lowest BCUT2D eigenvalue weighted by Crippen LogP contribution is -2.51. The Labute approximate surface area is 178 Å². The molecule has 0 bridgehead atoms. The van der Waals surface area contributed by atoms with E-state index in [0.29, 0.717) is 16.5 Å². The van der Waals surface area contributed by atoms with Crippen LogP contribution in [0.4, 0.5) is 0 Å². The summed E-state index contributed by atoms with van der Waals surface area (Å²) in [5.74, 6) is 0.963. The van der Waals surface area contributed by atoms with Crippen LogP contribution in [0.25, 0.3) is 0 Å². The maximum Gasteiger partial charge on any atom is 0.122 e. The molecule has 3 rings (SSSR count). The molecule has 152 valence electrons. The van der Waals surface area contributed by atoms with Crippen molar-refractivity contribution in [3.63, 3.8) is 0 Å². The Balaban J connectivity index is 2.05. The van der Waals surface area contributed by atoms with Crippen molar-refractivity contribution in [3.8, 4) is 5.75 Å². The van der Waals surface area contributed by atoms with Crippen LogP contribution in [-0.2, 0) is 6.42 Å². The average Bonchev–Trinajstić information content (AvgIpc) is 2.62. The Morgan fingerprint density at radius 2 is 1.79 bits per heavy atom. The average molecular weight is 422 g/mol. The van der Waals surface area contributed by atoms with Crippen molar-refractivity contribution in [1.82, 2.24) is 4.90 Å². The molecule has 3 nitrogen and oxygen atoms in total.